The molecule has 24 heavy (non-hydrogen) atoms. The number of carbonyl (C=O) groups excluding carboxylic acids is 3. The van der Waals surface area contributed by atoms with Crippen LogP contribution in [0.5, 0.6) is 0 Å². The molecule has 0 bridgehead atoms. The Labute approximate surface area is 142 Å². The number of hydrogen-bond acceptors (Lipinski definition) is 7. The van der Waals surface area contributed by atoms with Gasteiger partial charge in [0.15, 0.2) is 5.78 Å². The molecule has 2 aromatic rings. The molecule has 1 amide bonds. The number of sulfonamides is 1. The summed E-state index contributed by atoms with van der Waals surface area (Å²) in [5, 5.41) is 0. The van der Waals surface area contributed by atoms with Gasteiger partial charge < -0.3 is 4.74 Å². The lowest BCUT2D eigenvalue weighted by atomic mass is 10.2. The average molecular weight is 367 g/mol. The van der Waals surface area contributed by atoms with Crippen LogP contribution >= 0.6 is 11.3 Å². The zero-order valence-corrected chi connectivity index (χ0v) is 14.4. The molecule has 0 saturated heterocycles. The number of carbonyl (C=O) groups is 3. The molecular formula is C15H13NO6S2. The first-order chi connectivity index (χ1) is 11.2. The minimum absolute atomic E-state index is 0.0432. The van der Waals surface area contributed by atoms with E-state index in [2.05, 4.69) is 4.74 Å². The van der Waals surface area contributed by atoms with Crippen molar-refractivity contribution in [2.24, 2.45) is 0 Å². The predicted molar refractivity (Wildman–Crippen MR) is 86.8 cm³/mol. The van der Waals surface area contributed by atoms with Crippen molar-refractivity contribution in [2.45, 2.75) is 11.8 Å². The lowest BCUT2D eigenvalue weighted by Crippen LogP contribution is -2.30. The van der Waals surface area contributed by atoms with Gasteiger partial charge in [-0.05, 0) is 31.2 Å². The highest BCUT2D eigenvalue weighted by Gasteiger charge is 2.21. The van der Waals surface area contributed by atoms with E-state index in [1.807, 2.05) is 4.72 Å². The number of benzene rings is 1. The molecule has 1 aromatic heterocycles. The molecule has 0 unspecified atom stereocenters. The van der Waals surface area contributed by atoms with Crippen LogP contribution in [-0.2, 0) is 14.8 Å². The van der Waals surface area contributed by atoms with Crippen LogP contribution in [0.2, 0.25) is 0 Å². The highest BCUT2D eigenvalue weighted by Crippen LogP contribution is 2.19. The van der Waals surface area contributed by atoms with Crippen molar-refractivity contribution < 1.29 is 27.5 Å². The summed E-state index contributed by atoms with van der Waals surface area (Å²) in [5.41, 5.74) is 0.217. The minimum atomic E-state index is -4.14. The molecule has 0 fully saturated rings. The first-order valence-electron chi connectivity index (χ1n) is 6.61. The van der Waals surface area contributed by atoms with Gasteiger partial charge in [0.25, 0.3) is 15.9 Å². The highest BCUT2D eigenvalue weighted by molar-refractivity contribution is 7.90. The quantitative estimate of drug-likeness (QED) is 0.638. The van der Waals surface area contributed by atoms with Gasteiger partial charge in [-0.1, -0.05) is 12.1 Å². The van der Waals surface area contributed by atoms with Crippen LogP contribution in [0.1, 0.15) is 36.6 Å². The number of nitrogens with one attached hydrogen (secondary N) is 1. The number of Topliss-reactive ketones (excluding diaryl/α,β-unsaturated/α-hetero) is 1. The van der Waals surface area contributed by atoms with Gasteiger partial charge in [0.2, 0.25) is 0 Å². The number of rotatable bonds is 5. The summed E-state index contributed by atoms with van der Waals surface area (Å²) in [6, 6.07) is 8.05. The zero-order chi connectivity index (χ0) is 17.9. The molecular weight excluding hydrogens is 354 g/mol. The summed E-state index contributed by atoms with van der Waals surface area (Å²) in [7, 11) is -2.94. The maximum atomic E-state index is 12.3. The maximum absolute atomic E-state index is 12.3. The largest absolute Gasteiger partial charge is 0.465 e. The van der Waals surface area contributed by atoms with Gasteiger partial charge in [0, 0.05) is 5.56 Å². The van der Waals surface area contributed by atoms with E-state index in [0.717, 1.165) is 11.3 Å². The first-order valence-corrected chi connectivity index (χ1v) is 8.91. The third-order valence-corrected chi connectivity index (χ3v) is 5.39. The minimum Gasteiger partial charge on any atom is -0.465 e. The van der Waals surface area contributed by atoms with E-state index in [-0.39, 0.29) is 26.0 Å². The Balaban J connectivity index is 2.24. The van der Waals surface area contributed by atoms with Gasteiger partial charge in [0.05, 0.1) is 16.9 Å². The van der Waals surface area contributed by atoms with Gasteiger partial charge in [-0.25, -0.2) is 17.9 Å². The summed E-state index contributed by atoms with van der Waals surface area (Å²) in [6.07, 6.45) is 0. The van der Waals surface area contributed by atoms with Crippen molar-refractivity contribution in [3.63, 3.8) is 0 Å². The van der Waals surface area contributed by atoms with Crippen LogP contribution in [-0.4, -0.2) is 33.2 Å². The number of hydrogen-bond donors (Lipinski definition) is 1. The van der Waals surface area contributed by atoms with Crippen molar-refractivity contribution in [3.05, 3.63) is 51.7 Å². The Morgan fingerprint density at radius 3 is 2.38 bits per heavy atom. The van der Waals surface area contributed by atoms with Crippen molar-refractivity contribution in [1.82, 2.24) is 4.72 Å². The van der Waals surface area contributed by atoms with Crippen molar-refractivity contribution in [3.8, 4) is 0 Å². The molecule has 0 spiro atoms. The van der Waals surface area contributed by atoms with E-state index >= 15 is 0 Å². The van der Waals surface area contributed by atoms with Gasteiger partial charge >= 0.3 is 5.97 Å². The molecule has 1 N–H and O–H groups in total. The molecule has 7 nitrogen and oxygen atoms in total. The standard InChI is InChI=1S/C15H13NO6S2/c1-9(17)10-4-3-5-11(8-10)24(20,21)16-14(18)12-6-7-13(23-12)15(19)22-2/h3-8H,1-2H3,(H,16,18). The molecule has 126 valence electrons. The van der Waals surface area contributed by atoms with Crippen LogP contribution in [0.4, 0.5) is 0 Å². The summed E-state index contributed by atoms with van der Waals surface area (Å²) in [4.78, 5) is 34.8. The molecule has 2 rings (SSSR count). The number of ketones is 1. The van der Waals surface area contributed by atoms with Crippen molar-refractivity contribution in [1.29, 1.82) is 0 Å². The number of esters is 1. The second-order valence-electron chi connectivity index (χ2n) is 4.67. The van der Waals surface area contributed by atoms with E-state index in [1.54, 1.807) is 0 Å². The second-order valence-corrected chi connectivity index (χ2v) is 7.44. The molecule has 9 heteroatoms. The Bertz CT molecular complexity index is 914. The first kappa shape index (κ1) is 17.8. The SMILES string of the molecule is COC(=O)c1ccc(C(=O)NS(=O)(=O)c2cccc(C(C)=O)c2)s1. The van der Waals surface area contributed by atoms with Crippen LogP contribution in [0.25, 0.3) is 0 Å². The number of amides is 1. The Hall–Kier alpha value is -2.52. The Morgan fingerprint density at radius 2 is 1.75 bits per heavy atom. The zero-order valence-electron chi connectivity index (χ0n) is 12.7. The van der Waals surface area contributed by atoms with Gasteiger partial charge in [-0.3, -0.25) is 9.59 Å². The lowest BCUT2D eigenvalue weighted by Gasteiger charge is -2.06. The van der Waals surface area contributed by atoms with Crippen molar-refractivity contribution >= 4 is 39.0 Å². The molecule has 0 aliphatic heterocycles. The third kappa shape index (κ3) is 3.87. The summed E-state index contributed by atoms with van der Waals surface area (Å²) in [6.45, 7) is 1.31. The molecule has 0 radical (unpaired) electrons. The second kappa shape index (κ2) is 6.93. The summed E-state index contributed by atoms with van der Waals surface area (Å²) in [5.74, 6) is -1.78. The monoisotopic (exact) mass is 367 g/mol. The molecule has 1 aromatic carbocycles. The van der Waals surface area contributed by atoms with Gasteiger partial charge in [0.1, 0.15) is 4.88 Å². The predicted octanol–water partition coefficient (Wildman–Crippen LogP) is 1.86. The van der Waals surface area contributed by atoms with Crippen LogP contribution < -0.4 is 4.72 Å². The molecule has 0 aliphatic rings. The summed E-state index contributed by atoms with van der Waals surface area (Å²) >= 11 is 0.812. The van der Waals surface area contributed by atoms with Crippen LogP contribution in [0.3, 0.4) is 0 Å². The normalized spacial score (nSPS) is 10.9. The van der Waals surface area contributed by atoms with Crippen LogP contribution in [0, 0.1) is 0 Å². The van der Waals surface area contributed by atoms with E-state index in [4.69, 9.17) is 0 Å². The Morgan fingerprint density at radius 1 is 1.08 bits per heavy atom. The van der Waals surface area contributed by atoms with E-state index in [0.29, 0.717) is 0 Å². The lowest BCUT2D eigenvalue weighted by molar-refractivity contribution is 0.0606. The number of ether oxygens (including phenoxy) is 1. The molecule has 0 aliphatic carbocycles. The fourth-order valence-corrected chi connectivity index (χ4v) is 3.68. The third-order valence-electron chi connectivity index (χ3n) is 2.99. The van der Waals surface area contributed by atoms with Gasteiger partial charge in [-0.15, -0.1) is 11.3 Å². The topological polar surface area (TPSA) is 107 Å². The smallest absolute Gasteiger partial charge is 0.348 e. The number of thiophene rings is 1. The van der Waals surface area contributed by atoms with Crippen LogP contribution in [0.15, 0.2) is 41.3 Å². The van der Waals surface area contributed by atoms with E-state index in [9.17, 15) is 22.8 Å². The van der Waals surface area contributed by atoms with Crippen molar-refractivity contribution in [2.75, 3.05) is 7.11 Å². The van der Waals surface area contributed by atoms with E-state index < -0.39 is 21.9 Å². The van der Waals surface area contributed by atoms with E-state index in [1.165, 1.54) is 50.4 Å². The molecule has 0 saturated carbocycles. The highest BCUT2D eigenvalue weighted by atomic mass is 32.2. The Kier molecular flexibility index (Phi) is 5.15. The van der Waals surface area contributed by atoms with Gasteiger partial charge in [-0.2, -0.15) is 0 Å². The molecule has 0 atom stereocenters. The summed E-state index contributed by atoms with van der Waals surface area (Å²) < 4.78 is 30.9. The fourth-order valence-electron chi connectivity index (χ4n) is 1.78. The maximum Gasteiger partial charge on any atom is 0.348 e. The fraction of sp³-hybridized carbons (Fsp3) is 0.133. The number of methoxy groups -OCH3 is 1. The molecule has 1 heterocycles. The average Bonchev–Trinajstić information content (AvgIpc) is 3.04.